The maximum atomic E-state index is 11.9. The number of rotatable bonds is 3. The highest BCUT2D eigenvalue weighted by molar-refractivity contribution is 5.85. The maximum Gasteiger partial charge on any atom is 0.325 e. The molecule has 0 aromatic rings. The van der Waals surface area contributed by atoms with Gasteiger partial charge in [-0.1, -0.05) is 0 Å². The van der Waals surface area contributed by atoms with Crippen molar-refractivity contribution in [1.82, 2.24) is 10.2 Å². The van der Waals surface area contributed by atoms with Crippen LogP contribution in [0.4, 0.5) is 0 Å². The molecule has 0 aliphatic carbocycles. The molecule has 0 aromatic heterocycles. The molecule has 106 valence electrons. The van der Waals surface area contributed by atoms with Crippen LogP contribution < -0.4 is 5.32 Å². The average molecular weight is 277 g/mol. The second-order valence-corrected chi connectivity index (χ2v) is 5.53. The normalized spacial score (nSPS) is 32.9. The molecule has 2 fully saturated rings. The van der Waals surface area contributed by atoms with Gasteiger partial charge in [-0.15, -0.1) is 12.4 Å². The third-order valence-corrected chi connectivity index (χ3v) is 4.29. The van der Waals surface area contributed by atoms with Crippen LogP contribution in [-0.4, -0.2) is 49.7 Å². The summed E-state index contributed by atoms with van der Waals surface area (Å²) in [5, 5.41) is 3.44. The van der Waals surface area contributed by atoms with E-state index in [1.807, 2.05) is 6.92 Å². The minimum Gasteiger partial charge on any atom is -0.468 e. The Morgan fingerprint density at radius 3 is 2.89 bits per heavy atom. The molecule has 0 saturated carbocycles. The summed E-state index contributed by atoms with van der Waals surface area (Å²) in [6, 6.07) is 0. The molecule has 0 radical (unpaired) electrons. The van der Waals surface area contributed by atoms with Gasteiger partial charge >= 0.3 is 5.97 Å². The van der Waals surface area contributed by atoms with Gasteiger partial charge in [0.2, 0.25) is 0 Å². The number of halogens is 1. The van der Waals surface area contributed by atoms with E-state index in [2.05, 4.69) is 10.2 Å². The maximum absolute atomic E-state index is 11.9. The largest absolute Gasteiger partial charge is 0.468 e. The number of methoxy groups -OCH3 is 1. The zero-order valence-corrected chi connectivity index (χ0v) is 12.2. The van der Waals surface area contributed by atoms with Crippen molar-refractivity contribution >= 4 is 18.4 Å². The summed E-state index contributed by atoms with van der Waals surface area (Å²) in [7, 11) is 1.49. The highest BCUT2D eigenvalue weighted by Gasteiger charge is 2.44. The molecule has 2 rings (SSSR count). The molecular formula is C13H25ClN2O2. The number of piperidine rings is 1. The van der Waals surface area contributed by atoms with Gasteiger partial charge < -0.3 is 10.1 Å². The van der Waals surface area contributed by atoms with Crippen molar-refractivity contribution in [2.45, 2.75) is 38.1 Å². The van der Waals surface area contributed by atoms with Gasteiger partial charge in [-0.05, 0) is 58.2 Å². The number of nitrogens with zero attached hydrogens (tertiary/aromatic N) is 1. The fourth-order valence-electron chi connectivity index (χ4n) is 3.15. The van der Waals surface area contributed by atoms with Gasteiger partial charge in [0.05, 0.1) is 7.11 Å². The summed E-state index contributed by atoms with van der Waals surface area (Å²) < 4.78 is 4.96. The Kier molecular flexibility index (Phi) is 5.89. The summed E-state index contributed by atoms with van der Waals surface area (Å²) in [6.07, 6.45) is 4.57. The van der Waals surface area contributed by atoms with Gasteiger partial charge in [-0.2, -0.15) is 0 Å². The van der Waals surface area contributed by atoms with Crippen molar-refractivity contribution in [1.29, 1.82) is 0 Å². The summed E-state index contributed by atoms with van der Waals surface area (Å²) in [5.74, 6) is 0.615. The number of esters is 1. The van der Waals surface area contributed by atoms with Crippen LogP contribution in [0, 0.1) is 5.92 Å². The summed E-state index contributed by atoms with van der Waals surface area (Å²) >= 11 is 0. The second kappa shape index (κ2) is 6.73. The van der Waals surface area contributed by atoms with E-state index < -0.39 is 0 Å². The lowest BCUT2D eigenvalue weighted by Crippen LogP contribution is -2.51. The number of nitrogens with one attached hydrogen (secondary N) is 1. The van der Waals surface area contributed by atoms with Crippen molar-refractivity contribution in [3.05, 3.63) is 0 Å². The first-order valence-electron chi connectivity index (χ1n) is 6.71. The van der Waals surface area contributed by atoms with E-state index in [1.165, 1.54) is 20.0 Å². The van der Waals surface area contributed by atoms with E-state index in [0.29, 0.717) is 5.92 Å². The molecule has 0 amide bonds. The summed E-state index contributed by atoms with van der Waals surface area (Å²) in [5.41, 5.74) is -0.383. The molecule has 2 heterocycles. The molecule has 2 aliphatic heterocycles. The highest BCUT2D eigenvalue weighted by atomic mass is 35.5. The standard InChI is InChI=1S/C13H24N2O2.ClH/c1-13(12(16)17-2)6-4-8-15(13)10-11-5-3-7-14-9-11;/h11,14H,3-10H2,1-2H3;1H. The first-order valence-corrected chi connectivity index (χ1v) is 6.71. The minimum atomic E-state index is -0.383. The van der Waals surface area contributed by atoms with Gasteiger partial charge in [0, 0.05) is 6.54 Å². The minimum absolute atomic E-state index is 0. The van der Waals surface area contributed by atoms with Crippen molar-refractivity contribution in [2.75, 3.05) is 33.3 Å². The van der Waals surface area contributed by atoms with E-state index in [0.717, 1.165) is 39.0 Å². The highest BCUT2D eigenvalue weighted by Crippen LogP contribution is 2.31. The van der Waals surface area contributed by atoms with Crippen LogP contribution in [0.1, 0.15) is 32.6 Å². The molecular weight excluding hydrogens is 252 g/mol. The van der Waals surface area contributed by atoms with E-state index >= 15 is 0 Å². The lowest BCUT2D eigenvalue weighted by molar-refractivity contribution is -0.152. The van der Waals surface area contributed by atoms with E-state index in [4.69, 9.17) is 4.74 Å². The van der Waals surface area contributed by atoms with Gasteiger partial charge in [0.25, 0.3) is 0 Å². The molecule has 2 saturated heterocycles. The molecule has 18 heavy (non-hydrogen) atoms. The SMILES string of the molecule is COC(=O)C1(C)CCCN1CC1CCCNC1.Cl. The monoisotopic (exact) mass is 276 g/mol. The lowest BCUT2D eigenvalue weighted by atomic mass is 9.95. The summed E-state index contributed by atoms with van der Waals surface area (Å²) in [6.45, 7) is 6.32. The van der Waals surface area contributed by atoms with Crippen molar-refractivity contribution < 1.29 is 9.53 Å². The molecule has 2 aliphatic rings. The molecule has 2 unspecified atom stereocenters. The Morgan fingerprint density at radius 1 is 1.50 bits per heavy atom. The molecule has 0 bridgehead atoms. The predicted octanol–water partition coefficient (Wildman–Crippen LogP) is 1.44. The van der Waals surface area contributed by atoms with Crippen LogP contribution in [0.3, 0.4) is 0 Å². The number of hydrogen-bond donors (Lipinski definition) is 1. The molecule has 4 nitrogen and oxygen atoms in total. The lowest BCUT2D eigenvalue weighted by Gasteiger charge is -2.36. The van der Waals surface area contributed by atoms with E-state index in [-0.39, 0.29) is 23.9 Å². The first-order chi connectivity index (χ1) is 8.16. The second-order valence-electron chi connectivity index (χ2n) is 5.53. The number of ether oxygens (including phenoxy) is 1. The Bertz CT molecular complexity index is 282. The zero-order valence-electron chi connectivity index (χ0n) is 11.4. The Balaban J connectivity index is 0.00000162. The predicted molar refractivity (Wildman–Crippen MR) is 74.1 cm³/mol. The van der Waals surface area contributed by atoms with Crippen LogP contribution in [0.2, 0.25) is 0 Å². The average Bonchev–Trinajstić information content (AvgIpc) is 2.72. The number of likely N-dealkylation sites (tertiary alicyclic amines) is 1. The van der Waals surface area contributed by atoms with E-state index in [1.54, 1.807) is 0 Å². The quantitative estimate of drug-likeness (QED) is 0.792. The fourth-order valence-corrected chi connectivity index (χ4v) is 3.15. The fraction of sp³-hybridized carbons (Fsp3) is 0.923. The number of carbonyl (C=O) groups is 1. The van der Waals surface area contributed by atoms with Crippen LogP contribution in [-0.2, 0) is 9.53 Å². The smallest absolute Gasteiger partial charge is 0.325 e. The third kappa shape index (κ3) is 3.16. The van der Waals surface area contributed by atoms with Crippen LogP contribution >= 0.6 is 12.4 Å². The summed E-state index contributed by atoms with van der Waals surface area (Å²) in [4.78, 5) is 14.2. The zero-order chi connectivity index (χ0) is 12.3. The van der Waals surface area contributed by atoms with Gasteiger partial charge in [-0.25, -0.2) is 0 Å². The Hall–Kier alpha value is -0.320. The van der Waals surface area contributed by atoms with Crippen LogP contribution in [0.25, 0.3) is 0 Å². The Morgan fingerprint density at radius 2 is 2.28 bits per heavy atom. The topological polar surface area (TPSA) is 41.6 Å². The van der Waals surface area contributed by atoms with Gasteiger partial charge in [0.15, 0.2) is 0 Å². The van der Waals surface area contributed by atoms with Crippen molar-refractivity contribution in [2.24, 2.45) is 5.92 Å². The Labute approximate surface area is 116 Å². The number of carbonyl (C=O) groups excluding carboxylic acids is 1. The van der Waals surface area contributed by atoms with Gasteiger partial charge in [0.1, 0.15) is 5.54 Å². The molecule has 0 aromatic carbocycles. The molecule has 1 N–H and O–H groups in total. The van der Waals surface area contributed by atoms with Crippen molar-refractivity contribution in [3.8, 4) is 0 Å². The van der Waals surface area contributed by atoms with E-state index in [9.17, 15) is 4.79 Å². The molecule has 2 atom stereocenters. The molecule has 0 spiro atoms. The molecule has 5 heteroatoms. The first kappa shape index (κ1) is 15.7. The van der Waals surface area contributed by atoms with Crippen LogP contribution in [0.15, 0.2) is 0 Å². The number of hydrogen-bond acceptors (Lipinski definition) is 4. The third-order valence-electron chi connectivity index (χ3n) is 4.29. The van der Waals surface area contributed by atoms with Crippen molar-refractivity contribution in [3.63, 3.8) is 0 Å². The van der Waals surface area contributed by atoms with Crippen LogP contribution in [0.5, 0.6) is 0 Å². The van der Waals surface area contributed by atoms with Gasteiger partial charge in [-0.3, -0.25) is 9.69 Å².